The fourth-order valence-corrected chi connectivity index (χ4v) is 3.63. The second-order valence-corrected chi connectivity index (χ2v) is 7.34. The number of halogens is 2. The zero-order valence-electron chi connectivity index (χ0n) is 16.1. The summed E-state index contributed by atoms with van der Waals surface area (Å²) >= 11 is 6.09. The molecule has 0 aliphatic carbocycles. The van der Waals surface area contributed by atoms with Crippen LogP contribution in [0.25, 0.3) is 11.3 Å². The van der Waals surface area contributed by atoms with Gasteiger partial charge in [-0.2, -0.15) is 0 Å². The van der Waals surface area contributed by atoms with Crippen LogP contribution in [0.5, 0.6) is 0 Å². The zero-order chi connectivity index (χ0) is 20.4. The van der Waals surface area contributed by atoms with Crippen molar-refractivity contribution >= 4 is 23.2 Å². The highest BCUT2D eigenvalue weighted by Gasteiger charge is 2.28. The summed E-state index contributed by atoms with van der Waals surface area (Å²) in [7, 11) is 0. The van der Waals surface area contributed by atoms with Crippen LogP contribution < -0.4 is 4.90 Å². The van der Waals surface area contributed by atoms with Gasteiger partial charge in [-0.05, 0) is 42.5 Å². The van der Waals surface area contributed by atoms with Crippen LogP contribution in [-0.4, -0.2) is 42.0 Å². The van der Waals surface area contributed by atoms with Gasteiger partial charge in [0.15, 0.2) is 5.89 Å². The summed E-state index contributed by atoms with van der Waals surface area (Å²) in [6, 6.07) is 13.6. The number of amides is 1. The topological polar surface area (TPSA) is 49.6 Å². The predicted octanol–water partition coefficient (Wildman–Crippen LogP) is 4.66. The van der Waals surface area contributed by atoms with Gasteiger partial charge in [0.1, 0.15) is 11.5 Å². The number of aryl methyl sites for hydroxylation is 1. The molecule has 0 bridgehead atoms. The van der Waals surface area contributed by atoms with Gasteiger partial charge in [-0.25, -0.2) is 9.37 Å². The number of anilines is 1. The van der Waals surface area contributed by atoms with Crippen molar-refractivity contribution in [2.75, 3.05) is 31.1 Å². The second kappa shape index (κ2) is 8.25. The third kappa shape index (κ3) is 4.12. The maximum atomic E-state index is 13.3. The van der Waals surface area contributed by atoms with Gasteiger partial charge >= 0.3 is 0 Å². The molecule has 1 aliphatic rings. The predicted molar refractivity (Wildman–Crippen MR) is 111 cm³/mol. The quantitative estimate of drug-likeness (QED) is 0.624. The standard InChI is InChI=1S/C22H21ClFN3O2/c1-2-19-25-20(15-6-8-17(24)9-7-15)21(29-19)22(28)27-12-10-26(11-13-27)18-5-3-4-16(23)14-18/h3-9,14H,2,10-13H2,1H3. The first kappa shape index (κ1) is 19.5. The van der Waals surface area contributed by atoms with Crippen molar-refractivity contribution in [3.8, 4) is 11.3 Å². The van der Waals surface area contributed by atoms with Crippen molar-refractivity contribution in [1.29, 1.82) is 0 Å². The molecule has 0 spiro atoms. The summed E-state index contributed by atoms with van der Waals surface area (Å²) in [5, 5.41) is 0.693. The molecule has 1 fully saturated rings. The number of hydrogen-bond donors (Lipinski definition) is 0. The van der Waals surface area contributed by atoms with Crippen molar-refractivity contribution in [1.82, 2.24) is 9.88 Å². The summed E-state index contributed by atoms with van der Waals surface area (Å²) in [4.78, 5) is 21.6. The molecule has 5 nitrogen and oxygen atoms in total. The maximum absolute atomic E-state index is 13.3. The van der Waals surface area contributed by atoms with Crippen LogP contribution in [0.4, 0.5) is 10.1 Å². The van der Waals surface area contributed by atoms with Crippen molar-refractivity contribution in [3.05, 3.63) is 71.0 Å². The number of piperazine rings is 1. The van der Waals surface area contributed by atoms with Gasteiger partial charge in [-0.1, -0.05) is 24.6 Å². The van der Waals surface area contributed by atoms with E-state index in [2.05, 4.69) is 9.88 Å². The average molecular weight is 414 g/mol. The second-order valence-electron chi connectivity index (χ2n) is 6.90. The molecule has 29 heavy (non-hydrogen) atoms. The van der Waals surface area contributed by atoms with E-state index < -0.39 is 0 Å². The van der Waals surface area contributed by atoms with E-state index in [4.69, 9.17) is 16.0 Å². The van der Waals surface area contributed by atoms with Gasteiger partial charge in [-0.3, -0.25) is 4.79 Å². The van der Waals surface area contributed by atoms with Gasteiger partial charge in [0.2, 0.25) is 5.76 Å². The summed E-state index contributed by atoms with van der Waals surface area (Å²) < 4.78 is 19.1. The first-order valence-corrected chi connectivity index (χ1v) is 9.98. The third-order valence-corrected chi connectivity index (χ3v) is 5.26. The number of carbonyl (C=O) groups excluding carboxylic acids is 1. The number of oxazole rings is 1. The minimum absolute atomic E-state index is 0.192. The molecular weight excluding hydrogens is 393 g/mol. The van der Waals surface area contributed by atoms with Crippen LogP contribution in [0.3, 0.4) is 0 Å². The highest BCUT2D eigenvalue weighted by atomic mass is 35.5. The first-order chi connectivity index (χ1) is 14.0. The maximum Gasteiger partial charge on any atom is 0.292 e. The molecule has 1 aromatic heterocycles. The lowest BCUT2D eigenvalue weighted by atomic mass is 10.1. The Labute approximate surface area is 173 Å². The van der Waals surface area contributed by atoms with Crippen molar-refractivity contribution < 1.29 is 13.6 Å². The van der Waals surface area contributed by atoms with Crippen LogP contribution >= 0.6 is 11.6 Å². The largest absolute Gasteiger partial charge is 0.435 e. The summed E-state index contributed by atoms with van der Waals surface area (Å²) in [5.74, 6) is 0.176. The van der Waals surface area contributed by atoms with Gasteiger partial charge in [0, 0.05) is 48.9 Å². The molecule has 7 heteroatoms. The monoisotopic (exact) mass is 413 g/mol. The Morgan fingerprint density at radius 1 is 1.14 bits per heavy atom. The van der Waals surface area contributed by atoms with Gasteiger partial charge in [0.05, 0.1) is 0 Å². The van der Waals surface area contributed by atoms with Crippen LogP contribution in [0.1, 0.15) is 23.4 Å². The Morgan fingerprint density at radius 3 is 2.52 bits per heavy atom. The van der Waals surface area contributed by atoms with Crippen LogP contribution in [-0.2, 0) is 6.42 Å². The Hall–Kier alpha value is -2.86. The Bertz CT molecular complexity index is 1010. The normalized spacial score (nSPS) is 14.3. The molecule has 4 rings (SSSR count). The fourth-order valence-electron chi connectivity index (χ4n) is 3.45. The average Bonchev–Trinajstić information content (AvgIpc) is 3.18. The summed E-state index contributed by atoms with van der Waals surface area (Å²) in [5.41, 5.74) is 2.17. The first-order valence-electron chi connectivity index (χ1n) is 9.60. The molecule has 150 valence electrons. The van der Waals surface area contributed by atoms with Crippen LogP contribution in [0, 0.1) is 5.82 Å². The highest BCUT2D eigenvalue weighted by Crippen LogP contribution is 2.27. The van der Waals surface area contributed by atoms with E-state index in [9.17, 15) is 9.18 Å². The molecule has 2 heterocycles. The van der Waals surface area contributed by atoms with Crippen LogP contribution in [0.15, 0.2) is 52.9 Å². The number of rotatable bonds is 4. The van der Waals surface area contributed by atoms with E-state index in [0.717, 1.165) is 5.69 Å². The molecule has 0 atom stereocenters. The number of benzene rings is 2. The molecule has 3 aromatic rings. The fraction of sp³-hybridized carbons (Fsp3) is 0.273. The summed E-state index contributed by atoms with van der Waals surface area (Å²) in [6.45, 7) is 4.45. The molecule has 0 unspecified atom stereocenters. The van der Waals surface area contributed by atoms with E-state index in [1.807, 2.05) is 31.2 Å². The minimum atomic E-state index is -0.335. The lowest BCUT2D eigenvalue weighted by Gasteiger charge is -2.35. The number of hydrogen-bond acceptors (Lipinski definition) is 4. The lowest BCUT2D eigenvalue weighted by Crippen LogP contribution is -2.48. The highest BCUT2D eigenvalue weighted by molar-refractivity contribution is 6.30. The molecule has 1 saturated heterocycles. The molecule has 1 amide bonds. The number of aromatic nitrogens is 1. The molecular formula is C22H21ClFN3O2. The summed E-state index contributed by atoms with van der Waals surface area (Å²) in [6.07, 6.45) is 0.573. The van der Waals surface area contributed by atoms with E-state index >= 15 is 0 Å². The molecule has 0 radical (unpaired) electrons. The van der Waals surface area contributed by atoms with Crippen molar-refractivity contribution in [2.24, 2.45) is 0 Å². The molecule has 0 saturated carbocycles. The van der Waals surface area contributed by atoms with Crippen molar-refractivity contribution in [3.63, 3.8) is 0 Å². The molecule has 0 N–H and O–H groups in total. The Kier molecular flexibility index (Phi) is 5.53. The number of carbonyl (C=O) groups is 1. The molecule has 1 aliphatic heterocycles. The van der Waals surface area contributed by atoms with E-state index in [1.165, 1.54) is 12.1 Å². The van der Waals surface area contributed by atoms with E-state index in [-0.39, 0.29) is 17.5 Å². The zero-order valence-corrected chi connectivity index (χ0v) is 16.8. The van der Waals surface area contributed by atoms with Crippen molar-refractivity contribution in [2.45, 2.75) is 13.3 Å². The molecule has 2 aromatic carbocycles. The lowest BCUT2D eigenvalue weighted by molar-refractivity contribution is 0.0714. The Morgan fingerprint density at radius 2 is 1.86 bits per heavy atom. The Balaban J connectivity index is 1.53. The SMILES string of the molecule is CCc1nc(-c2ccc(F)cc2)c(C(=O)N2CCN(c3cccc(Cl)c3)CC2)o1. The van der Waals surface area contributed by atoms with E-state index in [1.54, 1.807) is 17.0 Å². The van der Waals surface area contributed by atoms with Gasteiger partial charge < -0.3 is 14.2 Å². The van der Waals surface area contributed by atoms with Gasteiger partial charge in [0.25, 0.3) is 5.91 Å². The third-order valence-electron chi connectivity index (χ3n) is 5.03. The van der Waals surface area contributed by atoms with Crippen LogP contribution in [0.2, 0.25) is 5.02 Å². The van der Waals surface area contributed by atoms with E-state index in [0.29, 0.717) is 54.8 Å². The number of nitrogens with zero attached hydrogens (tertiary/aromatic N) is 3. The minimum Gasteiger partial charge on any atom is -0.435 e. The van der Waals surface area contributed by atoms with Gasteiger partial charge in [-0.15, -0.1) is 0 Å². The smallest absolute Gasteiger partial charge is 0.292 e.